The van der Waals surface area contributed by atoms with E-state index in [0.717, 1.165) is 37.2 Å². The van der Waals surface area contributed by atoms with Gasteiger partial charge in [-0.15, -0.1) is 0 Å². The molecule has 0 saturated carbocycles. The van der Waals surface area contributed by atoms with Crippen molar-refractivity contribution in [3.05, 3.63) is 29.6 Å². The van der Waals surface area contributed by atoms with Crippen molar-refractivity contribution >= 4 is 5.69 Å². The van der Waals surface area contributed by atoms with E-state index in [0.29, 0.717) is 6.54 Å². The number of rotatable bonds is 6. The van der Waals surface area contributed by atoms with E-state index >= 15 is 0 Å². The zero-order chi connectivity index (χ0) is 12.0. The van der Waals surface area contributed by atoms with E-state index in [1.165, 1.54) is 0 Å². The predicted octanol–water partition coefficient (Wildman–Crippen LogP) is 2.56. The van der Waals surface area contributed by atoms with E-state index in [2.05, 4.69) is 18.7 Å². The first-order chi connectivity index (χ1) is 7.71. The van der Waals surface area contributed by atoms with E-state index in [1.54, 1.807) is 12.1 Å². The van der Waals surface area contributed by atoms with Crippen LogP contribution < -0.4 is 10.6 Å². The van der Waals surface area contributed by atoms with Crippen molar-refractivity contribution in [3.8, 4) is 0 Å². The third kappa shape index (κ3) is 3.49. The summed E-state index contributed by atoms with van der Waals surface area (Å²) in [4.78, 5) is 2.18. The monoisotopic (exact) mass is 224 g/mol. The number of halogens is 1. The Balaban J connectivity index is 2.92. The smallest absolute Gasteiger partial charge is 0.125 e. The molecule has 1 rings (SSSR count). The maximum Gasteiger partial charge on any atom is 0.125 e. The van der Waals surface area contributed by atoms with Crippen molar-refractivity contribution in [2.75, 3.05) is 24.5 Å². The first-order valence-electron chi connectivity index (χ1n) is 5.95. The van der Waals surface area contributed by atoms with E-state index in [1.807, 2.05) is 6.07 Å². The molecule has 0 heterocycles. The molecule has 0 aliphatic heterocycles. The third-order valence-corrected chi connectivity index (χ3v) is 2.62. The molecule has 0 unspecified atom stereocenters. The highest BCUT2D eigenvalue weighted by atomic mass is 19.1. The first kappa shape index (κ1) is 13.0. The Morgan fingerprint density at radius 3 is 2.56 bits per heavy atom. The van der Waals surface area contributed by atoms with Gasteiger partial charge in [0.25, 0.3) is 0 Å². The maximum absolute atomic E-state index is 13.4. The molecule has 90 valence electrons. The number of nitrogens with two attached hydrogens (primary N) is 1. The van der Waals surface area contributed by atoms with Gasteiger partial charge >= 0.3 is 0 Å². The lowest BCUT2D eigenvalue weighted by molar-refractivity contribution is 0.623. The molecule has 0 spiro atoms. The number of nitrogens with zero attached hydrogens (tertiary/aromatic N) is 1. The van der Waals surface area contributed by atoms with Crippen molar-refractivity contribution in [3.63, 3.8) is 0 Å². The van der Waals surface area contributed by atoms with Gasteiger partial charge in [0, 0.05) is 18.8 Å². The van der Waals surface area contributed by atoms with Crippen LogP contribution >= 0.6 is 0 Å². The second-order valence-electron chi connectivity index (χ2n) is 3.94. The minimum Gasteiger partial charge on any atom is -0.372 e. The van der Waals surface area contributed by atoms with Gasteiger partial charge in [0.05, 0.1) is 0 Å². The van der Waals surface area contributed by atoms with Crippen LogP contribution in [0.15, 0.2) is 18.2 Å². The summed E-state index contributed by atoms with van der Waals surface area (Å²) in [7, 11) is 0. The molecular formula is C13H21FN2. The van der Waals surface area contributed by atoms with E-state index in [-0.39, 0.29) is 5.82 Å². The molecular weight excluding hydrogens is 203 g/mol. The van der Waals surface area contributed by atoms with E-state index in [4.69, 9.17) is 5.73 Å². The standard InChI is InChI=1S/C13H21FN2/c1-3-7-16(4-2)13-9-11(5-6-15)8-12(14)10-13/h8-10H,3-7,15H2,1-2H3. The predicted molar refractivity (Wildman–Crippen MR) is 67.3 cm³/mol. The molecule has 3 heteroatoms. The van der Waals surface area contributed by atoms with Gasteiger partial charge in [-0.25, -0.2) is 4.39 Å². The molecule has 0 aromatic heterocycles. The number of benzene rings is 1. The lowest BCUT2D eigenvalue weighted by atomic mass is 10.1. The fourth-order valence-corrected chi connectivity index (χ4v) is 1.87. The summed E-state index contributed by atoms with van der Waals surface area (Å²) < 4.78 is 13.4. The summed E-state index contributed by atoms with van der Waals surface area (Å²) in [5.74, 6) is -0.171. The molecule has 1 aromatic rings. The van der Waals surface area contributed by atoms with Crippen LogP contribution in [0.2, 0.25) is 0 Å². The van der Waals surface area contributed by atoms with Crippen LogP contribution in [-0.4, -0.2) is 19.6 Å². The Hall–Kier alpha value is -1.09. The molecule has 0 aliphatic rings. The van der Waals surface area contributed by atoms with Crippen LogP contribution in [0.1, 0.15) is 25.8 Å². The molecule has 0 saturated heterocycles. The van der Waals surface area contributed by atoms with Gasteiger partial charge in [-0.05, 0) is 50.1 Å². The fraction of sp³-hybridized carbons (Fsp3) is 0.538. The van der Waals surface area contributed by atoms with Gasteiger partial charge in [-0.3, -0.25) is 0 Å². The average molecular weight is 224 g/mol. The molecule has 2 N–H and O–H groups in total. The molecule has 2 nitrogen and oxygen atoms in total. The second-order valence-corrected chi connectivity index (χ2v) is 3.94. The zero-order valence-electron chi connectivity index (χ0n) is 10.2. The van der Waals surface area contributed by atoms with Gasteiger partial charge in [-0.1, -0.05) is 6.92 Å². The molecule has 0 amide bonds. The molecule has 0 bridgehead atoms. The molecule has 16 heavy (non-hydrogen) atoms. The van der Waals surface area contributed by atoms with E-state index in [9.17, 15) is 4.39 Å². The SMILES string of the molecule is CCCN(CC)c1cc(F)cc(CCN)c1. The van der Waals surface area contributed by atoms with Crippen molar-refractivity contribution in [1.29, 1.82) is 0 Å². The normalized spacial score (nSPS) is 10.5. The minimum absolute atomic E-state index is 0.171. The average Bonchev–Trinajstić information content (AvgIpc) is 2.25. The highest BCUT2D eigenvalue weighted by molar-refractivity contribution is 5.49. The Kier molecular flexibility index (Phi) is 5.26. The van der Waals surface area contributed by atoms with Gasteiger partial charge in [0.1, 0.15) is 5.82 Å². The second kappa shape index (κ2) is 6.48. The Labute approximate surface area is 97.3 Å². The first-order valence-corrected chi connectivity index (χ1v) is 5.95. The Morgan fingerprint density at radius 2 is 2.00 bits per heavy atom. The molecule has 1 aromatic carbocycles. The van der Waals surface area contributed by atoms with Crippen LogP contribution in [-0.2, 0) is 6.42 Å². The van der Waals surface area contributed by atoms with Gasteiger partial charge in [-0.2, -0.15) is 0 Å². The van der Waals surface area contributed by atoms with Crippen molar-refractivity contribution in [2.45, 2.75) is 26.7 Å². The Bertz CT molecular complexity index is 326. The minimum atomic E-state index is -0.171. The summed E-state index contributed by atoms with van der Waals surface area (Å²) in [6.45, 7) is 6.64. The Morgan fingerprint density at radius 1 is 1.25 bits per heavy atom. The summed E-state index contributed by atoms with van der Waals surface area (Å²) >= 11 is 0. The summed E-state index contributed by atoms with van der Waals surface area (Å²) in [6.07, 6.45) is 1.80. The van der Waals surface area contributed by atoms with Crippen molar-refractivity contribution in [2.24, 2.45) is 5.73 Å². The van der Waals surface area contributed by atoms with E-state index < -0.39 is 0 Å². The molecule has 0 atom stereocenters. The molecule has 0 radical (unpaired) electrons. The van der Waals surface area contributed by atoms with Gasteiger partial charge in [0.15, 0.2) is 0 Å². The summed E-state index contributed by atoms with van der Waals surface area (Å²) in [6, 6.07) is 5.20. The quantitative estimate of drug-likeness (QED) is 0.804. The van der Waals surface area contributed by atoms with Gasteiger partial charge in [0.2, 0.25) is 0 Å². The van der Waals surface area contributed by atoms with Crippen LogP contribution in [0, 0.1) is 5.82 Å². The lowest BCUT2D eigenvalue weighted by Crippen LogP contribution is -2.23. The number of anilines is 1. The largest absolute Gasteiger partial charge is 0.372 e. The highest BCUT2D eigenvalue weighted by Crippen LogP contribution is 2.19. The topological polar surface area (TPSA) is 29.3 Å². The van der Waals surface area contributed by atoms with Crippen LogP contribution in [0.4, 0.5) is 10.1 Å². The summed E-state index contributed by atoms with van der Waals surface area (Å²) in [5.41, 5.74) is 7.44. The van der Waals surface area contributed by atoms with Gasteiger partial charge < -0.3 is 10.6 Å². The summed E-state index contributed by atoms with van der Waals surface area (Å²) in [5, 5.41) is 0. The number of hydrogen-bond donors (Lipinski definition) is 1. The fourth-order valence-electron chi connectivity index (χ4n) is 1.87. The maximum atomic E-state index is 13.4. The lowest BCUT2D eigenvalue weighted by Gasteiger charge is -2.23. The number of hydrogen-bond acceptors (Lipinski definition) is 2. The zero-order valence-corrected chi connectivity index (χ0v) is 10.2. The van der Waals surface area contributed by atoms with Crippen LogP contribution in [0.5, 0.6) is 0 Å². The van der Waals surface area contributed by atoms with Crippen molar-refractivity contribution < 1.29 is 4.39 Å². The van der Waals surface area contributed by atoms with Crippen LogP contribution in [0.25, 0.3) is 0 Å². The molecule has 0 aliphatic carbocycles. The highest BCUT2D eigenvalue weighted by Gasteiger charge is 2.06. The van der Waals surface area contributed by atoms with Crippen molar-refractivity contribution in [1.82, 2.24) is 0 Å². The van der Waals surface area contributed by atoms with Crippen LogP contribution in [0.3, 0.4) is 0 Å². The molecule has 0 fully saturated rings. The third-order valence-electron chi connectivity index (χ3n) is 2.62.